The van der Waals surface area contributed by atoms with E-state index in [1.165, 1.54) is 0 Å². The lowest BCUT2D eigenvalue weighted by molar-refractivity contribution is -0.682. The van der Waals surface area contributed by atoms with Crippen LogP contribution < -0.4 is 21.1 Å². The molecule has 0 fully saturated rings. The molecule has 0 heterocycles. The summed E-state index contributed by atoms with van der Waals surface area (Å²) in [7, 11) is 0. The second-order valence-corrected chi connectivity index (χ2v) is 5.77. The molecule has 1 amide bonds. The maximum Gasteiger partial charge on any atom is 0.230 e. The number of benzene rings is 2. The van der Waals surface area contributed by atoms with Gasteiger partial charge in [0.2, 0.25) is 5.91 Å². The van der Waals surface area contributed by atoms with Gasteiger partial charge in [-0.25, -0.2) is 0 Å². The first kappa shape index (κ1) is 18.5. The fourth-order valence-corrected chi connectivity index (χ4v) is 2.37. The van der Waals surface area contributed by atoms with E-state index in [-0.39, 0.29) is 12.3 Å². The summed E-state index contributed by atoms with van der Waals surface area (Å²) in [4.78, 5) is 23.1. The van der Waals surface area contributed by atoms with E-state index < -0.39 is 12.0 Å². The lowest BCUT2D eigenvalue weighted by Gasteiger charge is -2.16. The highest BCUT2D eigenvalue weighted by atomic mass is 16.4. The molecule has 1 atom stereocenters. The molecule has 0 unspecified atom stereocenters. The van der Waals surface area contributed by atoms with Crippen LogP contribution in [0.4, 0.5) is 17.1 Å². The molecule has 6 nitrogen and oxygen atoms in total. The van der Waals surface area contributed by atoms with Gasteiger partial charge in [-0.1, -0.05) is 25.1 Å². The second-order valence-electron chi connectivity index (χ2n) is 5.77. The Morgan fingerprint density at radius 2 is 1.60 bits per heavy atom. The van der Waals surface area contributed by atoms with Crippen molar-refractivity contribution in [2.45, 2.75) is 25.8 Å². The van der Waals surface area contributed by atoms with Gasteiger partial charge in [-0.15, -0.1) is 0 Å². The maximum absolute atomic E-state index is 12.0. The number of carboxylic acids is 1. The number of nitrogens with two attached hydrogens (primary N) is 1. The van der Waals surface area contributed by atoms with Crippen LogP contribution in [-0.4, -0.2) is 24.5 Å². The van der Waals surface area contributed by atoms with E-state index in [0.29, 0.717) is 12.2 Å². The number of rotatable bonds is 9. The zero-order valence-corrected chi connectivity index (χ0v) is 14.2. The molecule has 2 aromatic carbocycles. The van der Waals surface area contributed by atoms with Gasteiger partial charge in [0.1, 0.15) is 6.04 Å². The Morgan fingerprint density at radius 3 is 2.20 bits per heavy atom. The molecule has 2 rings (SSSR count). The summed E-state index contributed by atoms with van der Waals surface area (Å²) in [6.07, 6.45) is 0.716. The number of carbonyl (C=O) groups excluding carboxylic acids is 2. The molecule has 0 saturated heterocycles. The minimum atomic E-state index is -1.22. The van der Waals surface area contributed by atoms with E-state index in [0.717, 1.165) is 17.8 Å². The number of carboxylic acid groups (broad SMARTS) is 1. The fraction of sp³-hybridized carbons (Fsp3) is 0.263. The van der Waals surface area contributed by atoms with E-state index in [4.69, 9.17) is 0 Å². The topological polar surface area (TPSA) is 97.9 Å². The molecule has 6 heteroatoms. The number of nitrogens with one attached hydrogen (secondary N) is 2. The Morgan fingerprint density at radius 1 is 1.00 bits per heavy atom. The molecule has 0 spiro atoms. The average Bonchev–Trinajstić information content (AvgIpc) is 2.61. The third-order valence-corrected chi connectivity index (χ3v) is 3.68. The van der Waals surface area contributed by atoms with Crippen LogP contribution in [0.3, 0.4) is 0 Å². The van der Waals surface area contributed by atoms with Gasteiger partial charge >= 0.3 is 0 Å². The van der Waals surface area contributed by atoms with Gasteiger partial charge < -0.3 is 25.9 Å². The minimum Gasteiger partial charge on any atom is -0.544 e. The molecule has 0 aliphatic carbocycles. The van der Waals surface area contributed by atoms with E-state index in [2.05, 4.69) is 10.6 Å². The van der Waals surface area contributed by atoms with Crippen molar-refractivity contribution in [2.75, 3.05) is 17.2 Å². The van der Waals surface area contributed by atoms with Crippen LogP contribution in [0.15, 0.2) is 54.6 Å². The highest BCUT2D eigenvalue weighted by molar-refractivity contribution is 5.93. The number of amides is 1. The first-order chi connectivity index (χ1) is 12.1. The van der Waals surface area contributed by atoms with Crippen LogP contribution in [0.2, 0.25) is 0 Å². The van der Waals surface area contributed by atoms with Gasteiger partial charge in [0.05, 0.1) is 18.9 Å². The number of quaternary nitrogens is 1. The van der Waals surface area contributed by atoms with Crippen molar-refractivity contribution in [1.29, 1.82) is 0 Å². The smallest absolute Gasteiger partial charge is 0.230 e. The first-order valence-corrected chi connectivity index (χ1v) is 8.34. The van der Waals surface area contributed by atoms with E-state index in [1.807, 2.05) is 49.4 Å². The number of para-hydroxylation sites is 1. The lowest BCUT2D eigenvalue weighted by Crippen LogP contribution is -2.93. The summed E-state index contributed by atoms with van der Waals surface area (Å²) in [5.41, 5.74) is 2.49. The van der Waals surface area contributed by atoms with Crippen molar-refractivity contribution in [3.8, 4) is 0 Å². The molecule has 0 radical (unpaired) electrons. The van der Waals surface area contributed by atoms with Gasteiger partial charge in [0.15, 0.2) is 0 Å². The second kappa shape index (κ2) is 9.44. The Hall–Kier alpha value is -2.86. The Labute approximate surface area is 147 Å². The molecular weight excluding hydrogens is 318 g/mol. The summed E-state index contributed by atoms with van der Waals surface area (Å²) in [6, 6.07) is 16.1. The third-order valence-electron chi connectivity index (χ3n) is 3.68. The van der Waals surface area contributed by atoms with E-state index in [9.17, 15) is 14.7 Å². The number of anilines is 3. The van der Waals surface area contributed by atoms with E-state index in [1.54, 1.807) is 17.4 Å². The molecular formula is C19H23N3O3. The average molecular weight is 341 g/mol. The number of carbonyl (C=O) groups is 2. The molecule has 4 N–H and O–H groups in total. The molecule has 2 aromatic rings. The maximum atomic E-state index is 12.0. The Balaban J connectivity index is 1.89. The zero-order valence-electron chi connectivity index (χ0n) is 14.2. The molecule has 0 saturated carbocycles. The van der Waals surface area contributed by atoms with Gasteiger partial charge in [-0.05, 0) is 42.8 Å². The standard InChI is InChI=1S/C19H23N3O3/c1-2-12-20-17(19(24)25)13-18(23)22-16-10-8-15(9-11-16)21-14-6-4-3-5-7-14/h3-11,17,20-21H,2,12-13H2,1H3,(H,22,23)(H,24,25)/t17-/m0/s1. The first-order valence-electron chi connectivity index (χ1n) is 8.34. The lowest BCUT2D eigenvalue weighted by atomic mass is 10.2. The van der Waals surface area contributed by atoms with Crippen LogP contribution in [-0.2, 0) is 9.59 Å². The molecule has 0 aliphatic heterocycles. The number of aliphatic carboxylic acids is 1. The minimum absolute atomic E-state index is 0.119. The number of hydrogen-bond donors (Lipinski definition) is 3. The summed E-state index contributed by atoms with van der Waals surface area (Å²) in [5.74, 6) is -1.56. The van der Waals surface area contributed by atoms with Crippen LogP contribution >= 0.6 is 0 Å². The van der Waals surface area contributed by atoms with E-state index >= 15 is 0 Å². The molecule has 0 bridgehead atoms. The molecule has 25 heavy (non-hydrogen) atoms. The highest BCUT2D eigenvalue weighted by Gasteiger charge is 2.17. The van der Waals surface area contributed by atoms with Crippen molar-refractivity contribution < 1.29 is 20.0 Å². The van der Waals surface area contributed by atoms with Crippen molar-refractivity contribution in [3.63, 3.8) is 0 Å². The van der Waals surface area contributed by atoms with Gasteiger partial charge in [0.25, 0.3) is 0 Å². The summed E-state index contributed by atoms with van der Waals surface area (Å²) in [6.45, 7) is 2.60. The van der Waals surface area contributed by atoms with Crippen LogP contribution in [0.25, 0.3) is 0 Å². The summed E-state index contributed by atoms with van der Waals surface area (Å²) in [5, 5.41) is 18.7. The molecule has 0 aliphatic rings. The van der Waals surface area contributed by atoms with Crippen molar-refractivity contribution in [3.05, 3.63) is 54.6 Å². The SMILES string of the molecule is CCC[NH2+][C@@H](CC(=O)Nc1ccc(Nc2ccccc2)cc1)C(=O)[O-]. The fourth-order valence-electron chi connectivity index (χ4n) is 2.37. The van der Waals surface area contributed by atoms with Gasteiger partial charge in [0, 0.05) is 17.1 Å². The van der Waals surface area contributed by atoms with Crippen molar-refractivity contribution >= 4 is 28.9 Å². The Kier molecular flexibility index (Phi) is 6.98. The predicted molar refractivity (Wildman–Crippen MR) is 95.3 cm³/mol. The zero-order chi connectivity index (χ0) is 18.1. The normalized spacial score (nSPS) is 11.6. The van der Waals surface area contributed by atoms with Crippen LogP contribution in [0, 0.1) is 0 Å². The van der Waals surface area contributed by atoms with Crippen molar-refractivity contribution in [2.24, 2.45) is 0 Å². The van der Waals surface area contributed by atoms with Crippen LogP contribution in [0.5, 0.6) is 0 Å². The Bertz CT molecular complexity index is 687. The number of hydrogen-bond acceptors (Lipinski definition) is 4. The third kappa shape index (κ3) is 6.27. The van der Waals surface area contributed by atoms with Crippen LogP contribution in [0.1, 0.15) is 19.8 Å². The molecule has 132 valence electrons. The van der Waals surface area contributed by atoms with Crippen molar-refractivity contribution in [1.82, 2.24) is 0 Å². The summed E-state index contributed by atoms with van der Waals surface area (Å²) < 4.78 is 0. The largest absolute Gasteiger partial charge is 0.544 e. The van der Waals surface area contributed by atoms with Gasteiger partial charge in [-0.3, -0.25) is 4.79 Å². The highest BCUT2D eigenvalue weighted by Crippen LogP contribution is 2.18. The molecule has 0 aromatic heterocycles. The monoisotopic (exact) mass is 341 g/mol. The predicted octanol–water partition coefficient (Wildman–Crippen LogP) is 0.851. The summed E-state index contributed by atoms with van der Waals surface area (Å²) >= 11 is 0. The quantitative estimate of drug-likeness (QED) is 0.630. The van der Waals surface area contributed by atoms with Gasteiger partial charge in [-0.2, -0.15) is 0 Å².